The zero-order chi connectivity index (χ0) is 21.8. The molecular weight excluding hydrogens is 400 g/mol. The molecule has 2 aromatic heterocycles. The summed E-state index contributed by atoms with van der Waals surface area (Å²) in [5.74, 6) is 1.94. The van der Waals surface area contributed by atoms with Crippen LogP contribution in [0, 0.1) is 0 Å². The van der Waals surface area contributed by atoms with Gasteiger partial charge in [-0.05, 0) is 17.7 Å². The lowest BCUT2D eigenvalue weighted by Gasteiger charge is -2.36. The molecule has 1 aliphatic rings. The average Bonchev–Trinajstić information content (AvgIpc) is 2.86. The minimum Gasteiger partial charge on any atom is -0.353 e. The minimum absolute atomic E-state index is 0.780. The van der Waals surface area contributed by atoms with Crippen molar-refractivity contribution in [3.8, 4) is 0 Å². The maximum atomic E-state index is 4.93. The Labute approximate surface area is 187 Å². The van der Waals surface area contributed by atoms with Gasteiger partial charge < -0.3 is 9.80 Å². The van der Waals surface area contributed by atoms with E-state index in [2.05, 4.69) is 79.0 Å². The highest BCUT2D eigenvalue weighted by molar-refractivity contribution is 5.93. The summed E-state index contributed by atoms with van der Waals surface area (Å²) in [5.41, 5.74) is 5.90. The van der Waals surface area contributed by atoms with Crippen LogP contribution in [0.5, 0.6) is 0 Å². The van der Waals surface area contributed by atoms with Gasteiger partial charge in [-0.2, -0.15) is 5.10 Å². The van der Waals surface area contributed by atoms with Gasteiger partial charge in [-0.25, -0.2) is 4.98 Å². The molecule has 0 amide bonds. The van der Waals surface area contributed by atoms with Gasteiger partial charge in [0.15, 0.2) is 5.82 Å². The van der Waals surface area contributed by atoms with Crippen molar-refractivity contribution in [2.45, 2.75) is 6.42 Å². The molecule has 1 aliphatic heterocycles. The van der Waals surface area contributed by atoms with E-state index in [4.69, 9.17) is 4.84 Å². The van der Waals surface area contributed by atoms with Gasteiger partial charge in [-0.3, -0.25) is 10.3 Å². The summed E-state index contributed by atoms with van der Waals surface area (Å²) in [5, 5.41) is 11.7. The van der Waals surface area contributed by atoms with Crippen LogP contribution < -0.4 is 15.3 Å². The molecule has 5 rings (SSSR count). The van der Waals surface area contributed by atoms with E-state index in [0.717, 1.165) is 61.0 Å². The van der Waals surface area contributed by atoms with Crippen LogP contribution in [-0.4, -0.2) is 48.5 Å². The van der Waals surface area contributed by atoms with Gasteiger partial charge in [0.25, 0.3) is 0 Å². The van der Waals surface area contributed by atoms with E-state index < -0.39 is 0 Å². The fourth-order valence-electron chi connectivity index (χ4n) is 4.20. The first kappa shape index (κ1) is 20.2. The molecule has 0 radical (unpaired) electrons. The lowest BCUT2D eigenvalue weighted by Crippen LogP contribution is -2.47. The fraction of sp³-hybridized carbons (Fsp3) is 0.240. The number of hydrogen-bond donors (Lipinski definition) is 1. The average molecular weight is 427 g/mol. The first-order valence-corrected chi connectivity index (χ1v) is 10.8. The first-order chi connectivity index (χ1) is 15.8. The van der Waals surface area contributed by atoms with Crippen LogP contribution >= 0.6 is 0 Å². The van der Waals surface area contributed by atoms with Crippen LogP contribution in [0.4, 0.5) is 17.3 Å². The molecule has 7 heteroatoms. The number of anilines is 3. The summed E-state index contributed by atoms with van der Waals surface area (Å²) in [6.07, 6.45) is 2.57. The molecule has 1 saturated heterocycles. The third kappa shape index (κ3) is 4.20. The molecule has 162 valence electrons. The van der Waals surface area contributed by atoms with E-state index in [1.807, 2.05) is 18.2 Å². The van der Waals surface area contributed by atoms with Crippen molar-refractivity contribution in [3.63, 3.8) is 0 Å². The Morgan fingerprint density at radius 2 is 1.53 bits per heavy atom. The molecule has 0 saturated carbocycles. The number of benzene rings is 2. The van der Waals surface area contributed by atoms with Crippen LogP contribution in [0.2, 0.25) is 0 Å². The molecule has 2 aromatic carbocycles. The highest BCUT2D eigenvalue weighted by Crippen LogP contribution is 2.28. The summed E-state index contributed by atoms with van der Waals surface area (Å²) >= 11 is 0. The lowest BCUT2D eigenvalue weighted by molar-refractivity contribution is 0.271. The van der Waals surface area contributed by atoms with Crippen LogP contribution in [-0.2, 0) is 11.3 Å². The first-order valence-electron chi connectivity index (χ1n) is 10.8. The molecule has 3 heterocycles. The number of hydrogen-bond acceptors (Lipinski definition) is 7. The van der Waals surface area contributed by atoms with Crippen molar-refractivity contribution in [2.24, 2.45) is 0 Å². The molecule has 1 N–H and O–H groups in total. The number of nitrogens with one attached hydrogen (secondary N) is 1. The molecular formula is C25H26N6O. The Kier molecular flexibility index (Phi) is 5.81. The van der Waals surface area contributed by atoms with Crippen molar-refractivity contribution in [2.75, 3.05) is 48.6 Å². The second-order valence-electron chi connectivity index (χ2n) is 7.86. The van der Waals surface area contributed by atoms with E-state index in [1.54, 1.807) is 13.3 Å². The highest BCUT2D eigenvalue weighted by Gasteiger charge is 2.22. The van der Waals surface area contributed by atoms with Gasteiger partial charge in [0, 0.05) is 43.4 Å². The highest BCUT2D eigenvalue weighted by atomic mass is 16.6. The topological polar surface area (TPSA) is 66.4 Å². The quantitative estimate of drug-likeness (QED) is 0.469. The monoisotopic (exact) mass is 426 g/mol. The largest absolute Gasteiger partial charge is 0.353 e. The summed E-state index contributed by atoms with van der Waals surface area (Å²) in [6.45, 7) is 3.50. The van der Waals surface area contributed by atoms with Crippen LogP contribution in [0.25, 0.3) is 10.8 Å². The van der Waals surface area contributed by atoms with Gasteiger partial charge in [0.1, 0.15) is 5.82 Å². The minimum atomic E-state index is 0.780. The summed E-state index contributed by atoms with van der Waals surface area (Å²) < 4.78 is 0. The molecule has 1 fully saturated rings. The third-order valence-electron chi connectivity index (χ3n) is 5.83. The van der Waals surface area contributed by atoms with Gasteiger partial charge in [-0.15, -0.1) is 5.10 Å². The number of nitrogens with zero attached hydrogens (tertiary/aromatic N) is 5. The van der Waals surface area contributed by atoms with Crippen LogP contribution in [0.3, 0.4) is 0 Å². The standard InChI is InChI=1S/C25H26N6O/c1-32-29-20-11-12-24(26-18-20)30-13-15-31(16-14-30)25-22-10-6-5-9-21(22)23(27-28-25)17-19-7-3-2-4-8-19/h2-12,18,29H,13-17H2,1H3. The summed E-state index contributed by atoms with van der Waals surface area (Å²) in [4.78, 5) is 14.1. The molecule has 0 atom stereocenters. The second kappa shape index (κ2) is 9.20. The normalized spacial score (nSPS) is 14.0. The number of pyridine rings is 1. The third-order valence-corrected chi connectivity index (χ3v) is 5.83. The van der Waals surface area contributed by atoms with E-state index in [-0.39, 0.29) is 0 Å². The van der Waals surface area contributed by atoms with Gasteiger partial charge in [0.05, 0.1) is 24.7 Å². The van der Waals surface area contributed by atoms with Crippen LogP contribution in [0.15, 0.2) is 72.9 Å². The summed E-state index contributed by atoms with van der Waals surface area (Å²) in [7, 11) is 1.59. The maximum absolute atomic E-state index is 4.93. The molecule has 32 heavy (non-hydrogen) atoms. The number of aromatic nitrogens is 3. The smallest absolute Gasteiger partial charge is 0.159 e. The predicted molar refractivity (Wildman–Crippen MR) is 128 cm³/mol. The number of rotatable bonds is 6. The Morgan fingerprint density at radius 3 is 2.25 bits per heavy atom. The second-order valence-corrected chi connectivity index (χ2v) is 7.86. The maximum Gasteiger partial charge on any atom is 0.159 e. The lowest BCUT2D eigenvalue weighted by atomic mass is 10.0. The van der Waals surface area contributed by atoms with Crippen molar-refractivity contribution in [3.05, 3.63) is 84.2 Å². The van der Waals surface area contributed by atoms with Crippen molar-refractivity contribution < 1.29 is 4.84 Å². The molecule has 0 bridgehead atoms. The molecule has 0 aliphatic carbocycles. The predicted octanol–water partition coefficient (Wildman–Crippen LogP) is 3.92. The molecule has 0 spiro atoms. The molecule has 4 aromatic rings. The van der Waals surface area contributed by atoms with Gasteiger partial charge in [-0.1, -0.05) is 54.6 Å². The van der Waals surface area contributed by atoms with E-state index in [1.165, 1.54) is 10.9 Å². The zero-order valence-corrected chi connectivity index (χ0v) is 18.1. The van der Waals surface area contributed by atoms with Crippen molar-refractivity contribution in [1.82, 2.24) is 15.2 Å². The van der Waals surface area contributed by atoms with Gasteiger partial charge in [0.2, 0.25) is 0 Å². The van der Waals surface area contributed by atoms with E-state index in [0.29, 0.717) is 0 Å². The van der Waals surface area contributed by atoms with Gasteiger partial charge >= 0.3 is 0 Å². The number of fused-ring (bicyclic) bond motifs is 1. The summed E-state index contributed by atoms with van der Waals surface area (Å²) in [6, 6.07) is 22.9. The Bertz CT molecular complexity index is 1170. The Balaban J connectivity index is 1.34. The zero-order valence-electron chi connectivity index (χ0n) is 18.1. The van der Waals surface area contributed by atoms with Crippen molar-refractivity contribution >= 4 is 28.1 Å². The number of piperazine rings is 1. The molecule has 0 unspecified atom stereocenters. The van der Waals surface area contributed by atoms with Crippen molar-refractivity contribution in [1.29, 1.82) is 0 Å². The fourth-order valence-corrected chi connectivity index (χ4v) is 4.20. The van der Waals surface area contributed by atoms with E-state index >= 15 is 0 Å². The Morgan fingerprint density at radius 1 is 0.812 bits per heavy atom. The SMILES string of the molecule is CONc1ccc(N2CCN(c3nnc(Cc4ccccc4)c4ccccc34)CC2)nc1. The Hall–Kier alpha value is -3.71. The van der Waals surface area contributed by atoms with E-state index in [9.17, 15) is 0 Å². The molecule has 7 nitrogen and oxygen atoms in total. The van der Waals surface area contributed by atoms with Crippen LogP contribution in [0.1, 0.15) is 11.3 Å².